The first-order chi connectivity index (χ1) is 17.5. The minimum Gasteiger partial charge on any atom is -0.352 e. The van der Waals surface area contributed by atoms with Crippen LogP contribution >= 0.6 is 0 Å². The van der Waals surface area contributed by atoms with E-state index in [2.05, 4.69) is 5.32 Å². The number of piperidine rings is 1. The number of fused-ring (bicyclic) bond motifs is 1. The highest BCUT2D eigenvalue weighted by molar-refractivity contribution is 5.80. The average molecular weight is 485 g/mol. The topological polar surface area (TPSA) is 67.2 Å². The fraction of sp³-hybridized carbons (Fsp3) is 0.276. The van der Waals surface area contributed by atoms with Crippen molar-refractivity contribution >= 4 is 22.8 Å². The van der Waals surface area contributed by atoms with Gasteiger partial charge in [-0.15, -0.1) is 0 Å². The Morgan fingerprint density at radius 2 is 1.75 bits per heavy atom. The van der Waals surface area contributed by atoms with Crippen molar-refractivity contribution in [2.45, 2.75) is 32.9 Å². The number of benzene rings is 3. The van der Waals surface area contributed by atoms with E-state index in [1.54, 1.807) is 16.7 Å². The van der Waals surface area contributed by atoms with Crippen LogP contribution in [0.15, 0.2) is 77.6 Å². The molecule has 1 aliphatic heterocycles. The third-order valence-electron chi connectivity index (χ3n) is 6.77. The summed E-state index contributed by atoms with van der Waals surface area (Å²) in [6.07, 6.45) is 1.54. The maximum absolute atomic E-state index is 13.7. The lowest BCUT2D eigenvalue weighted by molar-refractivity contribution is -0.125. The average Bonchev–Trinajstić information content (AvgIpc) is 2.91. The molecule has 7 heteroatoms. The van der Waals surface area contributed by atoms with E-state index in [1.807, 2.05) is 60.4 Å². The van der Waals surface area contributed by atoms with Crippen LogP contribution in [0.1, 0.15) is 29.5 Å². The van der Waals surface area contributed by atoms with E-state index in [4.69, 9.17) is 4.98 Å². The molecule has 0 bridgehead atoms. The lowest BCUT2D eigenvalue weighted by atomic mass is 9.97. The number of hydrogen-bond donors (Lipinski definition) is 1. The smallest absolute Gasteiger partial charge is 0.294 e. The third kappa shape index (κ3) is 5.15. The number of nitrogens with zero attached hydrogens (tertiary/aromatic N) is 3. The molecule has 184 valence electrons. The number of aryl methyl sites for hydroxylation is 1. The van der Waals surface area contributed by atoms with E-state index < -0.39 is 0 Å². The second kappa shape index (κ2) is 10.3. The van der Waals surface area contributed by atoms with E-state index in [0.29, 0.717) is 32.0 Å². The minimum atomic E-state index is -0.302. The van der Waals surface area contributed by atoms with Crippen molar-refractivity contribution in [3.05, 3.63) is 106 Å². The van der Waals surface area contributed by atoms with Crippen molar-refractivity contribution in [1.82, 2.24) is 14.9 Å². The molecule has 1 amide bonds. The molecule has 4 aromatic rings. The molecule has 0 unspecified atom stereocenters. The molecule has 1 saturated heterocycles. The van der Waals surface area contributed by atoms with E-state index in [-0.39, 0.29) is 23.2 Å². The molecule has 1 fully saturated rings. The van der Waals surface area contributed by atoms with Gasteiger partial charge in [0, 0.05) is 19.6 Å². The van der Waals surface area contributed by atoms with Gasteiger partial charge in [0.15, 0.2) is 5.82 Å². The van der Waals surface area contributed by atoms with E-state index in [1.165, 1.54) is 17.7 Å². The van der Waals surface area contributed by atoms with Gasteiger partial charge in [-0.25, -0.2) is 9.37 Å². The van der Waals surface area contributed by atoms with E-state index >= 15 is 0 Å². The van der Waals surface area contributed by atoms with Crippen LogP contribution in [0.3, 0.4) is 0 Å². The van der Waals surface area contributed by atoms with Crippen LogP contribution in [0.4, 0.5) is 10.2 Å². The van der Waals surface area contributed by atoms with Crippen molar-refractivity contribution in [3.8, 4) is 0 Å². The second-order valence-electron chi connectivity index (χ2n) is 9.43. The molecule has 1 aliphatic rings. The SMILES string of the molecule is Cc1ccc(Cn2c(=O)c(N3CCC[C@@H](C(=O)NCc4ccc(F)cc4)C3)nc3ccccc32)cc1. The van der Waals surface area contributed by atoms with Crippen LogP contribution in [0.2, 0.25) is 0 Å². The Hall–Kier alpha value is -4.00. The van der Waals surface area contributed by atoms with Gasteiger partial charge in [0.25, 0.3) is 5.56 Å². The highest BCUT2D eigenvalue weighted by atomic mass is 19.1. The van der Waals surface area contributed by atoms with Crippen LogP contribution in [0.5, 0.6) is 0 Å². The Labute approximate surface area is 209 Å². The highest BCUT2D eigenvalue weighted by Gasteiger charge is 2.28. The van der Waals surface area contributed by atoms with E-state index in [0.717, 1.165) is 35.0 Å². The molecular weight excluding hydrogens is 455 g/mol. The summed E-state index contributed by atoms with van der Waals surface area (Å²) in [5.41, 5.74) is 4.44. The van der Waals surface area contributed by atoms with Gasteiger partial charge in [0.2, 0.25) is 5.91 Å². The largest absolute Gasteiger partial charge is 0.352 e. The summed E-state index contributed by atoms with van der Waals surface area (Å²) >= 11 is 0. The summed E-state index contributed by atoms with van der Waals surface area (Å²) in [7, 11) is 0. The Balaban J connectivity index is 1.38. The molecule has 0 saturated carbocycles. The van der Waals surface area contributed by atoms with Crippen LogP contribution in [0, 0.1) is 18.7 Å². The van der Waals surface area contributed by atoms with Crippen molar-refractivity contribution in [1.29, 1.82) is 0 Å². The lowest BCUT2D eigenvalue weighted by Gasteiger charge is -2.32. The number of halogens is 1. The number of para-hydroxylation sites is 2. The summed E-state index contributed by atoms with van der Waals surface area (Å²) < 4.78 is 14.9. The van der Waals surface area contributed by atoms with E-state index in [9.17, 15) is 14.0 Å². The van der Waals surface area contributed by atoms with Crippen LogP contribution in [-0.2, 0) is 17.9 Å². The molecule has 1 N–H and O–H groups in total. The second-order valence-corrected chi connectivity index (χ2v) is 9.43. The fourth-order valence-corrected chi connectivity index (χ4v) is 4.74. The van der Waals surface area contributed by atoms with Crippen molar-refractivity contribution in [3.63, 3.8) is 0 Å². The number of aromatic nitrogens is 2. The first kappa shape index (κ1) is 23.7. The number of rotatable bonds is 6. The minimum absolute atomic E-state index is 0.0650. The van der Waals surface area contributed by atoms with Gasteiger partial charge in [-0.1, -0.05) is 54.1 Å². The molecule has 1 aromatic heterocycles. The van der Waals surface area contributed by atoms with Gasteiger partial charge >= 0.3 is 0 Å². The predicted molar refractivity (Wildman–Crippen MR) is 139 cm³/mol. The number of carbonyl (C=O) groups excluding carboxylic acids is 1. The Kier molecular flexibility index (Phi) is 6.80. The molecular formula is C29H29FN4O2. The third-order valence-corrected chi connectivity index (χ3v) is 6.77. The van der Waals surface area contributed by atoms with Crippen LogP contribution in [-0.4, -0.2) is 28.5 Å². The van der Waals surface area contributed by atoms with Gasteiger partial charge < -0.3 is 10.2 Å². The first-order valence-corrected chi connectivity index (χ1v) is 12.3. The van der Waals surface area contributed by atoms with Gasteiger partial charge in [-0.05, 0) is 55.2 Å². The first-order valence-electron chi connectivity index (χ1n) is 12.3. The number of hydrogen-bond acceptors (Lipinski definition) is 4. The highest BCUT2D eigenvalue weighted by Crippen LogP contribution is 2.22. The van der Waals surface area contributed by atoms with Gasteiger partial charge in [-0.3, -0.25) is 14.2 Å². The zero-order valence-electron chi connectivity index (χ0n) is 20.3. The van der Waals surface area contributed by atoms with Gasteiger partial charge in [0.05, 0.1) is 23.5 Å². The standard InChI is InChI=1S/C29H29FN4O2/c1-20-8-10-22(11-9-20)18-34-26-7-3-2-6-25(26)32-27(29(34)36)33-16-4-5-23(19-33)28(35)31-17-21-12-14-24(30)15-13-21/h2-3,6-15,23H,4-5,16-19H2,1H3,(H,31,35)/t23-/m1/s1. The molecule has 0 radical (unpaired) electrons. The Morgan fingerprint density at radius 3 is 2.53 bits per heavy atom. The van der Waals surface area contributed by atoms with Gasteiger partial charge in [-0.2, -0.15) is 0 Å². The van der Waals surface area contributed by atoms with Crippen molar-refractivity contribution < 1.29 is 9.18 Å². The normalized spacial score (nSPS) is 15.7. The van der Waals surface area contributed by atoms with Crippen molar-refractivity contribution in [2.75, 3.05) is 18.0 Å². The summed E-state index contributed by atoms with van der Waals surface area (Å²) in [5.74, 6) is -0.233. The zero-order valence-corrected chi connectivity index (χ0v) is 20.3. The molecule has 0 aliphatic carbocycles. The van der Waals surface area contributed by atoms with Crippen LogP contribution < -0.4 is 15.8 Å². The molecule has 3 aromatic carbocycles. The lowest BCUT2D eigenvalue weighted by Crippen LogP contribution is -2.45. The van der Waals surface area contributed by atoms with Gasteiger partial charge in [0.1, 0.15) is 5.82 Å². The summed E-state index contributed by atoms with van der Waals surface area (Å²) in [6, 6.07) is 21.9. The Morgan fingerprint density at radius 1 is 1.03 bits per heavy atom. The number of nitrogens with one attached hydrogen (secondary N) is 1. The zero-order chi connectivity index (χ0) is 25.1. The molecule has 2 heterocycles. The summed E-state index contributed by atoms with van der Waals surface area (Å²) in [6.45, 7) is 3.93. The Bertz CT molecular complexity index is 1430. The molecule has 0 spiro atoms. The van der Waals surface area contributed by atoms with Crippen LogP contribution in [0.25, 0.3) is 11.0 Å². The van der Waals surface area contributed by atoms with Crippen molar-refractivity contribution in [2.24, 2.45) is 5.92 Å². The molecule has 5 rings (SSSR count). The number of carbonyl (C=O) groups is 1. The molecule has 36 heavy (non-hydrogen) atoms. The maximum atomic E-state index is 13.7. The monoisotopic (exact) mass is 484 g/mol. The quantitative estimate of drug-likeness (QED) is 0.440. The maximum Gasteiger partial charge on any atom is 0.294 e. The summed E-state index contributed by atoms with van der Waals surface area (Å²) in [5, 5.41) is 2.96. The summed E-state index contributed by atoms with van der Waals surface area (Å²) in [4.78, 5) is 33.3. The number of anilines is 1. The fourth-order valence-electron chi connectivity index (χ4n) is 4.74. The number of amides is 1. The molecule has 1 atom stereocenters. The predicted octanol–water partition coefficient (Wildman–Crippen LogP) is 4.43. The molecule has 6 nitrogen and oxygen atoms in total.